The lowest BCUT2D eigenvalue weighted by Gasteiger charge is -2.11. The molecule has 2 aromatic rings. The smallest absolute Gasteiger partial charge is 0.191 e. The molecule has 8 heteroatoms. The Kier molecular flexibility index (Phi) is 9.71. The molecule has 26 heavy (non-hydrogen) atoms. The number of nitrogens with zero attached hydrogens (tertiary/aromatic N) is 2. The lowest BCUT2D eigenvalue weighted by atomic mass is 10.2. The van der Waals surface area contributed by atoms with E-state index in [1.165, 1.54) is 4.88 Å². The number of ether oxygens (including phenoxy) is 1. The van der Waals surface area contributed by atoms with Gasteiger partial charge in [-0.05, 0) is 45.4 Å². The molecule has 1 aromatic carbocycles. The predicted octanol–water partition coefficient (Wildman–Crippen LogP) is 3.74. The minimum atomic E-state index is 0. The van der Waals surface area contributed by atoms with Crippen molar-refractivity contribution in [1.29, 1.82) is 0 Å². The second-order valence-electron chi connectivity index (χ2n) is 5.53. The van der Waals surface area contributed by atoms with Crippen molar-refractivity contribution in [3.05, 3.63) is 39.3 Å². The van der Waals surface area contributed by atoms with Crippen LogP contribution in [-0.4, -0.2) is 29.2 Å². The zero-order valence-corrected chi connectivity index (χ0v) is 18.8. The van der Waals surface area contributed by atoms with Crippen molar-refractivity contribution in [2.24, 2.45) is 4.99 Å². The molecule has 1 aromatic heterocycles. The van der Waals surface area contributed by atoms with E-state index in [2.05, 4.69) is 27.5 Å². The Morgan fingerprint density at radius 1 is 1.27 bits per heavy atom. The molecule has 0 saturated carbocycles. The van der Waals surface area contributed by atoms with Crippen molar-refractivity contribution >= 4 is 41.3 Å². The zero-order chi connectivity index (χ0) is 18.2. The highest BCUT2D eigenvalue weighted by Gasteiger charge is 2.06. The summed E-state index contributed by atoms with van der Waals surface area (Å²) in [6.45, 7) is 10.4. The van der Waals surface area contributed by atoms with Crippen LogP contribution in [0.2, 0.25) is 0 Å². The summed E-state index contributed by atoms with van der Waals surface area (Å²) in [5, 5.41) is 17.4. The summed E-state index contributed by atoms with van der Waals surface area (Å²) in [5.41, 5.74) is 2.05. The first-order valence-electron chi connectivity index (χ1n) is 8.43. The van der Waals surface area contributed by atoms with Crippen LogP contribution in [0.3, 0.4) is 0 Å². The molecule has 0 saturated heterocycles. The van der Waals surface area contributed by atoms with Crippen molar-refractivity contribution in [2.75, 3.05) is 13.2 Å². The van der Waals surface area contributed by atoms with Gasteiger partial charge in [-0.15, -0.1) is 35.3 Å². The second kappa shape index (κ2) is 11.2. The Labute approximate surface area is 176 Å². The average Bonchev–Trinajstić information content (AvgIpc) is 2.91. The first-order chi connectivity index (χ1) is 12.0. The number of aromatic hydroxyl groups is 1. The molecular weight excluding hydrogens is 463 g/mol. The van der Waals surface area contributed by atoms with E-state index in [1.807, 2.05) is 32.9 Å². The largest absolute Gasteiger partial charge is 0.504 e. The SMILES string of the molecule is CCNC(=NCc1ccc(O)c(OCC)c1)NCc1nc(C)c(C)s1.I. The Morgan fingerprint density at radius 2 is 2.04 bits per heavy atom. The van der Waals surface area contributed by atoms with Crippen molar-refractivity contribution < 1.29 is 9.84 Å². The lowest BCUT2D eigenvalue weighted by Crippen LogP contribution is -2.36. The standard InChI is InChI=1S/C18H26N4O2S.HI/c1-5-19-18(21-11-17-22-12(3)13(4)25-17)20-10-14-7-8-15(23)16(9-14)24-6-2;/h7-9,23H,5-6,10-11H2,1-4H3,(H2,19,20,21);1H. The van der Waals surface area contributed by atoms with Crippen LogP contribution < -0.4 is 15.4 Å². The van der Waals surface area contributed by atoms with Crippen LogP contribution in [-0.2, 0) is 13.1 Å². The fourth-order valence-electron chi connectivity index (χ4n) is 2.21. The third kappa shape index (κ3) is 6.64. The maximum absolute atomic E-state index is 9.77. The molecule has 144 valence electrons. The number of hydrogen-bond donors (Lipinski definition) is 3. The normalized spacial score (nSPS) is 11.0. The van der Waals surface area contributed by atoms with Gasteiger partial charge in [0, 0.05) is 11.4 Å². The summed E-state index contributed by atoms with van der Waals surface area (Å²) < 4.78 is 5.41. The van der Waals surface area contributed by atoms with E-state index < -0.39 is 0 Å². The first-order valence-corrected chi connectivity index (χ1v) is 9.24. The molecule has 0 bridgehead atoms. The quantitative estimate of drug-likeness (QED) is 0.313. The number of phenolic OH excluding ortho intramolecular Hbond substituents is 1. The Hall–Kier alpha value is -1.55. The van der Waals surface area contributed by atoms with E-state index in [0.717, 1.165) is 28.8 Å². The molecular formula is C18H27IN4O2S. The number of hydrogen-bond acceptors (Lipinski definition) is 5. The maximum Gasteiger partial charge on any atom is 0.191 e. The summed E-state index contributed by atoms with van der Waals surface area (Å²) in [5.74, 6) is 1.37. The molecule has 1 heterocycles. The molecule has 0 fully saturated rings. The van der Waals surface area contributed by atoms with Crippen molar-refractivity contribution in [3.63, 3.8) is 0 Å². The molecule has 0 spiro atoms. The van der Waals surface area contributed by atoms with Crippen molar-refractivity contribution in [1.82, 2.24) is 15.6 Å². The van der Waals surface area contributed by atoms with Gasteiger partial charge in [0.2, 0.25) is 0 Å². The number of phenols is 1. The van der Waals surface area contributed by atoms with Crippen molar-refractivity contribution in [3.8, 4) is 11.5 Å². The predicted molar refractivity (Wildman–Crippen MR) is 118 cm³/mol. The number of rotatable bonds is 7. The summed E-state index contributed by atoms with van der Waals surface area (Å²) in [7, 11) is 0. The number of thiazole rings is 1. The molecule has 0 radical (unpaired) electrons. The highest BCUT2D eigenvalue weighted by molar-refractivity contribution is 14.0. The molecule has 6 nitrogen and oxygen atoms in total. The number of benzene rings is 1. The molecule has 2 rings (SSSR count). The molecule has 0 atom stereocenters. The average molecular weight is 490 g/mol. The molecule has 0 amide bonds. The lowest BCUT2D eigenvalue weighted by molar-refractivity contribution is 0.318. The third-order valence-corrected chi connectivity index (χ3v) is 4.64. The van der Waals surface area contributed by atoms with Gasteiger partial charge < -0.3 is 20.5 Å². The number of aryl methyl sites for hydroxylation is 2. The van der Waals surface area contributed by atoms with Gasteiger partial charge in [0.15, 0.2) is 17.5 Å². The van der Waals surface area contributed by atoms with E-state index in [9.17, 15) is 5.11 Å². The van der Waals surface area contributed by atoms with Crippen LogP contribution in [0, 0.1) is 13.8 Å². The van der Waals surface area contributed by atoms with Crippen LogP contribution in [0.4, 0.5) is 0 Å². The highest BCUT2D eigenvalue weighted by atomic mass is 127. The summed E-state index contributed by atoms with van der Waals surface area (Å²) in [6.07, 6.45) is 0. The van der Waals surface area contributed by atoms with E-state index in [1.54, 1.807) is 17.4 Å². The van der Waals surface area contributed by atoms with Crippen molar-refractivity contribution in [2.45, 2.75) is 40.8 Å². The van der Waals surface area contributed by atoms with Gasteiger partial charge in [-0.3, -0.25) is 0 Å². The van der Waals surface area contributed by atoms with Crippen LogP contribution in [0.5, 0.6) is 11.5 Å². The Bertz CT molecular complexity index is 714. The second-order valence-corrected chi connectivity index (χ2v) is 6.82. The molecule has 0 unspecified atom stereocenters. The maximum atomic E-state index is 9.77. The van der Waals surface area contributed by atoms with Gasteiger partial charge in [0.1, 0.15) is 5.01 Å². The Morgan fingerprint density at radius 3 is 2.65 bits per heavy atom. The molecule has 0 aliphatic carbocycles. The van der Waals surface area contributed by atoms with E-state index in [-0.39, 0.29) is 29.7 Å². The summed E-state index contributed by atoms with van der Waals surface area (Å²) in [6, 6.07) is 5.30. The third-order valence-electron chi connectivity index (χ3n) is 3.57. The molecule has 0 aliphatic rings. The van der Waals surface area contributed by atoms with Gasteiger partial charge in [0.25, 0.3) is 0 Å². The van der Waals surface area contributed by atoms with E-state index in [0.29, 0.717) is 25.4 Å². The van der Waals surface area contributed by atoms with Crippen LogP contribution in [0.1, 0.15) is 35.0 Å². The zero-order valence-electron chi connectivity index (χ0n) is 15.6. The van der Waals surface area contributed by atoms with Crippen LogP contribution >= 0.6 is 35.3 Å². The first kappa shape index (κ1) is 22.5. The van der Waals surface area contributed by atoms with Gasteiger partial charge in [-0.2, -0.15) is 0 Å². The number of aliphatic imine (C=N–C) groups is 1. The van der Waals surface area contributed by atoms with Gasteiger partial charge in [-0.1, -0.05) is 6.07 Å². The highest BCUT2D eigenvalue weighted by Crippen LogP contribution is 2.27. The monoisotopic (exact) mass is 490 g/mol. The van der Waals surface area contributed by atoms with Crippen LogP contribution in [0.25, 0.3) is 0 Å². The van der Waals surface area contributed by atoms with Crippen LogP contribution in [0.15, 0.2) is 23.2 Å². The number of halogens is 1. The number of guanidine groups is 1. The van der Waals surface area contributed by atoms with Gasteiger partial charge in [0.05, 0.1) is 25.4 Å². The number of nitrogens with one attached hydrogen (secondary N) is 2. The molecule has 3 N–H and O–H groups in total. The Balaban J connectivity index is 0.00000338. The summed E-state index contributed by atoms with van der Waals surface area (Å²) >= 11 is 1.70. The van der Waals surface area contributed by atoms with E-state index in [4.69, 9.17) is 4.74 Å². The fourth-order valence-corrected chi connectivity index (χ4v) is 3.09. The number of aromatic nitrogens is 1. The minimum absolute atomic E-state index is 0. The van der Waals surface area contributed by atoms with E-state index >= 15 is 0 Å². The van der Waals surface area contributed by atoms with Gasteiger partial charge >= 0.3 is 0 Å². The summed E-state index contributed by atoms with van der Waals surface area (Å²) in [4.78, 5) is 10.4. The fraction of sp³-hybridized carbons (Fsp3) is 0.444. The topological polar surface area (TPSA) is 78.8 Å². The van der Waals surface area contributed by atoms with Gasteiger partial charge in [-0.25, -0.2) is 9.98 Å². The minimum Gasteiger partial charge on any atom is -0.504 e. The molecule has 0 aliphatic heterocycles.